The first-order valence-corrected chi connectivity index (χ1v) is 10.3. The van der Waals surface area contributed by atoms with Gasteiger partial charge in [-0.25, -0.2) is 0 Å². The third-order valence-corrected chi connectivity index (χ3v) is 4.89. The maximum absolute atomic E-state index is 9.39. The minimum Gasteiger partial charge on any atom is -0.454 e. The molecule has 0 atom stereocenters. The van der Waals surface area contributed by atoms with E-state index < -0.39 is 0 Å². The van der Waals surface area contributed by atoms with Crippen LogP contribution in [-0.2, 0) is 6.42 Å². The largest absolute Gasteiger partial charge is 0.454 e. The number of aryl methyl sites for hydroxylation is 1. The zero-order valence-electron chi connectivity index (χ0n) is 16.6. The van der Waals surface area contributed by atoms with Gasteiger partial charge >= 0.3 is 0 Å². The molecule has 0 heterocycles. The van der Waals surface area contributed by atoms with Crippen molar-refractivity contribution in [3.63, 3.8) is 0 Å². The number of anilines is 1. The molecule has 0 radical (unpaired) electrons. The minimum absolute atomic E-state index is 0.474. The average molecular weight is 385 g/mol. The summed E-state index contributed by atoms with van der Waals surface area (Å²) in [5.74, 6) is 1.39. The van der Waals surface area contributed by atoms with Gasteiger partial charge in [0.25, 0.3) is 0 Å². The van der Waals surface area contributed by atoms with Crippen LogP contribution in [0.2, 0.25) is 5.02 Å². The van der Waals surface area contributed by atoms with Gasteiger partial charge < -0.3 is 9.64 Å². The Hall–Kier alpha value is -2.18. The Balaban J connectivity index is 2.42. The fraction of sp³-hybridized carbons (Fsp3) is 0.435. The van der Waals surface area contributed by atoms with Crippen molar-refractivity contribution in [3.05, 3.63) is 52.5 Å². The number of hydrogen-bond acceptors (Lipinski definition) is 3. The summed E-state index contributed by atoms with van der Waals surface area (Å²) in [6.45, 7) is 8.34. The molecule has 0 N–H and O–H groups in total. The molecule has 0 spiro atoms. The van der Waals surface area contributed by atoms with E-state index in [1.165, 1.54) is 5.56 Å². The molecule has 0 aliphatic heterocycles. The molecule has 0 unspecified atom stereocenters. The Bertz CT molecular complexity index is 757. The van der Waals surface area contributed by atoms with E-state index >= 15 is 0 Å². The van der Waals surface area contributed by atoms with Crippen molar-refractivity contribution >= 4 is 17.3 Å². The molecular weight excluding hydrogens is 356 g/mol. The van der Waals surface area contributed by atoms with E-state index in [4.69, 9.17) is 16.3 Å². The molecule has 144 valence electrons. The van der Waals surface area contributed by atoms with Gasteiger partial charge in [0, 0.05) is 13.1 Å². The molecule has 0 aliphatic carbocycles. The second-order valence-electron chi connectivity index (χ2n) is 6.71. The molecule has 0 saturated heterocycles. The van der Waals surface area contributed by atoms with Gasteiger partial charge in [0.1, 0.15) is 5.75 Å². The van der Waals surface area contributed by atoms with Crippen molar-refractivity contribution in [3.8, 4) is 17.6 Å². The molecule has 27 heavy (non-hydrogen) atoms. The van der Waals surface area contributed by atoms with E-state index in [2.05, 4.69) is 43.9 Å². The quantitative estimate of drug-likeness (QED) is 0.443. The van der Waals surface area contributed by atoms with Crippen molar-refractivity contribution in [2.45, 2.75) is 52.9 Å². The predicted molar refractivity (Wildman–Crippen MR) is 114 cm³/mol. The zero-order chi connectivity index (χ0) is 19.6. The van der Waals surface area contributed by atoms with Gasteiger partial charge in [-0.15, -0.1) is 0 Å². The molecule has 2 aromatic rings. The summed E-state index contributed by atoms with van der Waals surface area (Å²) in [4.78, 5) is 2.30. The summed E-state index contributed by atoms with van der Waals surface area (Å²) in [6.07, 6.45) is 5.39. The highest BCUT2D eigenvalue weighted by molar-refractivity contribution is 6.32. The first-order chi connectivity index (χ1) is 13.1. The van der Waals surface area contributed by atoms with Crippen LogP contribution >= 0.6 is 11.6 Å². The van der Waals surface area contributed by atoms with Crippen LogP contribution < -0.4 is 9.64 Å². The van der Waals surface area contributed by atoms with Gasteiger partial charge in [-0.05, 0) is 49.1 Å². The third kappa shape index (κ3) is 5.91. The highest BCUT2D eigenvalue weighted by Crippen LogP contribution is 2.40. The summed E-state index contributed by atoms with van der Waals surface area (Å²) in [5.41, 5.74) is 2.73. The van der Waals surface area contributed by atoms with Gasteiger partial charge in [-0.1, -0.05) is 57.3 Å². The predicted octanol–water partition coefficient (Wildman–Crippen LogP) is 6.97. The highest BCUT2D eigenvalue weighted by atomic mass is 35.5. The van der Waals surface area contributed by atoms with Crippen LogP contribution in [0.3, 0.4) is 0 Å². The van der Waals surface area contributed by atoms with Crippen LogP contribution in [0.15, 0.2) is 36.4 Å². The zero-order valence-corrected chi connectivity index (χ0v) is 17.4. The summed E-state index contributed by atoms with van der Waals surface area (Å²) in [7, 11) is 0. The van der Waals surface area contributed by atoms with Crippen LogP contribution in [0.1, 0.15) is 57.6 Å². The standard InChI is InChI=1S/C23H29ClN2O/c1-4-7-13-26(14-8-5-2)22-16-19(17-25)15-21(24)23(22)27-20-11-9-18(6-3)10-12-20/h9-12,15-16H,4-8,13-14H2,1-3H3. The number of benzene rings is 2. The van der Waals surface area contributed by atoms with Crippen LogP contribution in [0.4, 0.5) is 5.69 Å². The van der Waals surface area contributed by atoms with Gasteiger partial charge in [-0.3, -0.25) is 0 Å². The van der Waals surface area contributed by atoms with Gasteiger partial charge in [0.15, 0.2) is 5.75 Å². The Labute approximate surface area is 168 Å². The van der Waals surface area contributed by atoms with Crippen molar-refractivity contribution < 1.29 is 4.74 Å². The smallest absolute Gasteiger partial charge is 0.169 e. The molecular formula is C23H29ClN2O. The number of nitriles is 1. The van der Waals surface area contributed by atoms with Crippen LogP contribution in [0, 0.1) is 11.3 Å². The Kier molecular flexibility index (Phi) is 8.48. The monoisotopic (exact) mass is 384 g/mol. The Morgan fingerprint density at radius 2 is 1.63 bits per heavy atom. The van der Waals surface area contributed by atoms with Gasteiger partial charge in [-0.2, -0.15) is 5.26 Å². The lowest BCUT2D eigenvalue weighted by molar-refractivity contribution is 0.480. The molecule has 3 nitrogen and oxygen atoms in total. The van der Waals surface area contributed by atoms with Crippen molar-refractivity contribution in [1.82, 2.24) is 0 Å². The molecule has 4 heteroatoms. The highest BCUT2D eigenvalue weighted by Gasteiger charge is 2.18. The Morgan fingerprint density at radius 1 is 1.00 bits per heavy atom. The van der Waals surface area contributed by atoms with Crippen LogP contribution in [0.25, 0.3) is 0 Å². The normalized spacial score (nSPS) is 10.5. The molecule has 0 bridgehead atoms. The van der Waals surface area contributed by atoms with E-state index in [-0.39, 0.29) is 0 Å². The number of unbranched alkanes of at least 4 members (excludes halogenated alkanes) is 2. The lowest BCUT2D eigenvalue weighted by atomic mass is 10.1. The van der Waals surface area contributed by atoms with Crippen molar-refractivity contribution in [2.75, 3.05) is 18.0 Å². The number of halogens is 1. The van der Waals surface area contributed by atoms with E-state index in [9.17, 15) is 5.26 Å². The first kappa shape index (κ1) is 21.1. The second kappa shape index (κ2) is 10.8. The molecule has 2 aromatic carbocycles. The number of nitrogens with zero attached hydrogens (tertiary/aromatic N) is 2. The average Bonchev–Trinajstić information content (AvgIpc) is 2.70. The van der Waals surface area contributed by atoms with Crippen molar-refractivity contribution in [2.24, 2.45) is 0 Å². The van der Waals surface area contributed by atoms with Crippen LogP contribution in [0.5, 0.6) is 11.5 Å². The topological polar surface area (TPSA) is 36.3 Å². The number of ether oxygens (including phenoxy) is 1. The lowest BCUT2D eigenvalue weighted by Crippen LogP contribution is -2.26. The SMILES string of the molecule is CCCCN(CCCC)c1cc(C#N)cc(Cl)c1Oc1ccc(CC)cc1. The summed E-state index contributed by atoms with van der Waals surface area (Å²) in [6, 6.07) is 13.9. The second-order valence-corrected chi connectivity index (χ2v) is 7.12. The third-order valence-electron chi connectivity index (χ3n) is 4.61. The van der Waals surface area contributed by atoms with Crippen LogP contribution in [-0.4, -0.2) is 13.1 Å². The minimum atomic E-state index is 0.474. The number of rotatable bonds is 10. The summed E-state index contributed by atoms with van der Waals surface area (Å²) >= 11 is 6.53. The van der Waals surface area contributed by atoms with E-state index in [0.717, 1.165) is 56.6 Å². The lowest BCUT2D eigenvalue weighted by Gasteiger charge is -2.27. The maximum atomic E-state index is 9.39. The summed E-state index contributed by atoms with van der Waals surface area (Å²) in [5, 5.41) is 9.86. The van der Waals surface area contributed by atoms with Crippen molar-refractivity contribution in [1.29, 1.82) is 5.26 Å². The molecule has 2 rings (SSSR count). The fourth-order valence-electron chi connectivity index (χ4n) is 2.94. The Morgan fingerprint density at radius 3 is 2.15 bits per heavy atom. The summed E-state index contributed by atoms with van der Waals surface area (Å²) < 4.78 is 6.20. The van der Waals surface area contributed by atoms with E-state index in [1.54, 1.807) is 6.07 Å². The van der Waals surface area contributed by atoms with E-state index in [0.29, 0.717) is 16.3 Å². The van der Waals surface area contributed by atoms with Gasteiger partial charge in [0.2, 0.25) is 0 Å². The first-order valence-electron chi connectivity index (χ1n) is 9.88. The molecule has 0 fully saturated rings. The molecule has 0 saturated carbocycles. The molecule has 0 aromatic heterocycles. The molecule has 0 amide bonds. The molecule has 0 aliphatic rings. The fourth-order valence-corrected chi connectivity index (χ4v) is 3.19. The number of hydrogen-bond donors (Lipinski definition) is 0. The van der Waals surface area contributed by atoms with E-state index in [1.807, 2.05) is 18.2 Å². The van der Waals surface area contributed by atoms with Gasteiger partial charge in [0.05, 0.1) is 22.3 Å². The maximum Gasteiger partial charge on any atom is 0.169 e.